The molecule has 1 aromatic heterocycles. The molecule has 0 atom stereocenters. The number of benzene rings is 1. The second kappa shape index (κ2) is 5.33. The van der Waals surface area contributed by atoms with Crippen LogP contribution in [0.4, 0.5) is 11.5 Å². The van der Waals surface area contributed by atoms with Crippen LogP contribution in [0.2, 0.25) is 0 Å². The highest BCUT2D eigenvalue weighted by molar-refractivity contribution is 5.94. The van der Waals surface area contributed by atoms with E-state index in [4.69, 9.17) is 5.73 Å². The summed E-state index contributed by atoms with van der Waals surface area (Å²) in [5.41, 5.74) is 8.85. The highest BCUT2D eigenvalue weighted by Crippen LogP contribution is 2.28. The topological polar surface area (TPSA) is 59.2 Å². The van der Waals surface area contributed by atoms with E-state index in [-0.39, 0.29) is 5.91 Å². The lowest BCUT2D eigenvalue weighted by atomic mass is 10.1. The number of aryl methyl sites for hydroxylation is 1. The number of pyridine rings is 1. The third-order valence-electron chi connectivity index (χ3n) is 3.61. The van der Waals surface area contributed by atoms with Crippen LogP contribution < -0.4 is 10.6 Å². The molecule has 4 heteroatoms. The quantitative estimate of drug-likeness (QED) is 0.909. The smallest absolute Gasteiger partial charge is 0.227 e. The minimum Gasteiger partial charge on any atom is -0.384 e. The maximum atomic E-state index is 12.3. The monoisotopic (exact) mass is 267 g/mol. The van der Waals surface area contributed by atoms with Gasteiger partial charge >= 0.3 is 0 Å². The lowest BCUT2D eigenvalue weighted by molar-refractivity contribution is -0.118. The van der Waals surface area contributed by atoms with Gasteiger partial charge in [-0.3, -0.25) is 4.79 Å². The molecule has 0 fully saturated rings. The number of amides is 1. The molecule has 1 amide bonds. The lowest BCUT2D eigenvalue weighted by Gasteiger charge is -2.23. The molecular formula is C16H17N3O. The predicted molar refractivity (Wildman–Crippen MR) is 79.2 cm³/mol. The number of anilines is 2. The molecule has 2 N–H and O–H groups in total. The van der Waals surface area contributed by atoms with E-state index in [1.54, 1.807) is 12.3 Å². The zero-order valence-corrected chi connectivity index (χ0v) is 11.2. The van der Waals surface area contributed by atoms with Crippen LogP contribution in [0.3, 0.4) is 0 Å². The number of fused-ring (bicyclic) bond motifs is 1. The third kappa shape index (κ3) is 2.50. The van der Waals surface area contributed by atoms with Crippen molar-refractivity contribution in [2.45, 2.75) is 25.8 Å². The van der Waals surface area contributed by atoms with Crippen molar-refractivity contribution < 1.29 is 4.79 Å². The Balaban J connectivity index is 1.94. The van der Waals surface area contributed by atoms with Crippen LogP contribution >= 0.6 is 0 Å². The molecule has 0 radical (unpaired) electrons. The van der Waals surface area contributed by atoms with Crippen molar-refractivity contribution in [3.8, 4) is 0 Å². The Hall–Kier alpha value is -2.36. The molecule has 20 heavy (non-hydrogen) atoms. The number of aromatic nitrogens is 1. The molecule has 0 aliphatic carbocycles. The summed E-state index contributed by atoms with van der Waals surface area (Å²) in [5, 5.41) is 0. The molecule has 1 aliphatic rings. The van der Waals surface area contributed by atoms with Crippen molar-refractivity contribution in [1.29, 1.82) is 0 Å². The Kier molecular flexibility index (Phi) is 3.37. The van der Waals surface area contributed by atoms with Crippen LogP contribution in [0.25, 0.3) is 0 Å². The Labute approximate surface area is 118 Å². The van der Waals surface area contributed by atoms with Gasteiger partial charge < -0.3 is 10.6 Å². The first-order valence-corrected chi connectivity index (χ1v) is 6.83. The van der Waals surface area contributed by atoms with Gasteiger partial charge in [0.1, 0.15) is 5.82 Å². The van der Waals surface area contributed by atoms with Crippen molar-refractivity contribution >= 4 is 17.4 Å². The molecule has 0 unspecified atom stereocenters. The Morgan fingerprint density at radius 3 is 2.80 bits per heavy atom. The van der Waals surface area contributed by atoms with Crippen molar-refractivity contribution in [3.63, 3.8) is 0 Å². The first-order valence-electron chi connectivity index (χ1n) is 6.83. The number of para-hydroxylation sites is 1. The normalized spacial score (nSPS) is 14.8. The second-order valence-electron chi connectivity index (χ2n) is 5.05. The predicted octanol–water partition coefficient (Wildman–Crippen LogP) is 2.53. The van der Waals surface area contributed by atoms with Gasteiger partial charge in [0.25, 0.3) is 0 Å². The summed E-state index contributed by atoms with van der Waals surface area (Å²) in [7, 11) is 0. The number of carbonyl (C=O) groups excluding carboxylic acids is 1. The van der Waals surface area contributed by atoms with Gasteiger partial charge in [-0.15, -0.1) is 0 Å². The molecule has 1 aliphatic heterocycles. The van der Waals surface area contributed by atoms with Gasteiger partial charge in [0.2, 0.25) is 5.91 Å². The molecule has 3 rings (SSSR count). The number of nitrogens with two attached hydrogens (primary N) is 1. The summed E-state index contributed by atoms with van der Waals surface area (Å²) in [6.45, 7) is 0.545. The van der Waals surface area contributed by atoms with Gasteiger partial charge in [-0.25, -0.2) is 4.98 Å². The highest BCUT2D eigenvalue weighted by Gasteiger charge is 2.21. The minimum absolute atomic E-state index is 0.173. The molecule has 0 spiro atoms. The maximum Gasteiger partial charge on any atom is 0.227 e. The molecule has 0 saturated heterocycles. The largest absolute Gasteiger partial charge is 0.384 e. The third-order valence-corrected chi connectivity index (χ3v) is 3.61. The summed E-state index contributed by atoms with van der Waals surface area (Å²) in [4.78, 5) is 18.3. The van der Waals surface area contributed by atoms with Gasteiger partial charge in [0.15, 0.2) is 0 Å². The number of nitrogen functional groups attached to an aromatic ring is 1. The van der Waals surface area contributed by atoms with E-state index < -0.39 is 0 Å². The molecule has 0 saturated carbocycles. The fourth-order valence-corrected chi connectivity index (χ4v) is 2.57. The summed E-state index contributed by atoms with van der Waals surface area (Å²) < 4.78 is 0. The van der Waals surface area contributed by atoms with Crippen LogP contribution in [0.5, 0.6) is 0 Å². The van der Waals surface area contributed by atoms with Gasteiger partial charge in [0.05, 0.1) is 6.54 Å². The molecule has 102 valence electrons. The van der Waals surface area contributed by atoms with Crippen LogP contribution in [0.15, 0.2) is 42.6 Å². The summed E-state index contributed by atoms with van der Waals surface area (Å²) in [6, 6.07) is 11.8. The zero-order chi connectivity index (χ0) is 13.9. The van der Waals surface area contributed by atoms with E-state index >= 15 is 0 Å². The fraction of sp³-hybridized carbons (Fsp3) is 0.250. The number of nitrogens with zero attached hydrogens (tertiary/aromatic N) is 2. The number of carbonyl (C=O) groups is 1. The standard InChI is InChI=1S/C16H17N3O/c17-15-9-8-12(10-18-15)11-19-14-6-2-1-4-13(14)5-3-7-16(19)20/h1-2,4,6,8-10H,3,5,7,11H2,(H2,17,18). The Bertz CT molecular complexity index is 622. The van der Waals surface area contributed by atoms with Crippen molar-refractivity contribution in [1.82, 2.24) is 4.98 Å². The van der Waals surface area contributed by atoms with Gasteiger partial charge in [-0.2, -0.15) is 0 Å². The van der Waals surface area contributed by atoms with Crippen LogP contribution in [0.1, 0.15) is 24.0 Å². The Morgan fingerprint density at radius 2 is 2.00 bits per heavy atom. The highest BCUT2D eigenvalue weighted by atomic mass is 16.2. The van der Waals surface area contributed by atoms with Gasteiger partial charge in [0, 0.05) is 18.3 Å². The van der Waals surface area contributed by atoms with E-state index in [0.29, 0.717) is 18.8 Å². The molecule has 2 heterocycles. The molecule has 1 aromatic carbocycles. The first-order chi connectivity index (χ1) is 9.74. The molecule has 0 bridgehead atoms. The second-order valence-corrected chi connectivity index (χ2v) is 5.05. The first kappa shape index (κ1) is 12.7. The average molecular weight is 267 g/mol. The van der Waals surface area contributed by atoms with Crippen LogP contribution in [0, 0.1) is 0 Å². The van der Waals surface area contributed by atoms with Crippen molar-refractivity contribution in [2.75, 3.05) is 10.6 Å². The molecule has 2 aromatic rings. The van der Waals surface area contributed by atoms with Gasteiger partial charge in [-0.1, -0.05) is 24.3 Å². The summed E-state index contributed by atoms with van der Waals surface area (Å²) in [6.07, 6.45) is 4.19. The number of rotatable bonds is 2. The van der Waals surface area contributed by atoms with Crippen molar-refractivity contribution in [3.05, 3.63) is 53.7 Å². The summed E-state index contributed by atoms with van der Waals surface area (Å²) in [5.74, 6) is 0.670. The van der Waals surface area contributed by atoms with E-state index in [2.05, 4.69) is 11.1 Å². The minimum atomic E-state index is 0.173. The van der Waals surface area contributed by atoms with Gasteiger partial charge in [-0.05, 0) is 36.1 Å². The number of hydrogen-bond acceptors (Lipinski definition) is 3. The summed E-state index contributed by atoms with van der Waals surface area (Å²) >= 11 is 0. The van der Waals surface area contributed by atoms with Crippen molar-refractivity contribution in [2.24, 2.45) is 0 Å². The fourth-order valence-electron chi connectivity index (χ4n) is 2.57. The molecule has 4 nitrogen and oxygen atoms in total. The SMILES string of the molecule is Nc1ccc(CN2C(=O)CCCc3ccccc32)cn1. The van der Waals surface area contributed by atoms with E-state index in [1.165, 1.54) is 5.56 Å². The van der Waals surface area contributed by atoms with Crippen LogP contribution in [-0.2, 0) is 17.8 Å². The molecular weight excluding hydrogens is 250 g/mol. The Morgan fingerprint density at radius 1 is 1.15 bits per heavy atom. The van der Waals surface area contributed by atoms with E-state index in [0.717, 1.165) is 24.1 Å². The lowest BCUT2D eigenvalue weighted by Crippen LogP contribution is -2.29. The average Bonchev–Trinajstić information content (AvgIpc) is 2.62. The van der Waals surface area contributed by atoms with E-state index in [9.17, 15) is 4.79 Å². The van der Waals surface area contributed by atoms with Crippen LogP contribution in [-0.4, -0.2) is 10.9 Å². The zero-order valence-electron chi connectivity index (χ0n) is 11.2. The van der Waals surface area contributed by atoms with E-state index in [1.807, 2.05) is 29.2 Å². The number of hydrogen-bond donors (Lipinski definition) is 1. The maximum absolute atomic E-state index is 12.3.